The highest BCUT2D eigenvalue weighted by Crippen LogP contribution is 2.32. The van der Waals surface area contributed by atoms with Crippen LogP contribution >= 0.6 is 0 Å². The minimum absolute atomic E-state index is 0.287. The van der Waals surface area contributed by atoms with Crippen LogP contribution in [0.2, 0.25) is 0 Å². The monoisotopic (exact) mass is 427 g/mol. The summed E-state index contributed by atoms with van der Waals surface area (Å²) >= 11 is 0. The molecule has 1 aliphatic carbocycles. The molecule has 2 aromatic heterocycles. The molecule has 6 nitrogen and oxygen atoms in total. The van der Waals surface area contributed by atoms with Crippen molar-refractivity contribution in [2.45, 2.75) is 31.7 Å². The summed E-state index contributed by atoms with van der Waals surface area (Å²) in [5.74, 6) is 3.07. The predicted octanol–water partition coefficient (Wildman–Crippen LogP) is 4.36. The minimum Gasteiger partial charge on any atom is -0.493 e. The Morgan fingerprint density at radius 2 is 2.00 bits per heavy atom. The molecule has 32 heavy (non-hydrogen) atoms. The number of ether oxygens (including phenoxy) is 1. The van der Waals surface area contributed by atoms with Gasteiger partial charge in [-0.15, -0.1) is 0 Å². The molecule has 1 aliphatic heterocycles. The first-order valence-electron chi connectivity index (χ1n) is 11.7. The summed E-state index contributed by atoms with van der Waals surface area (Å²) in [6.07, 6.45) is 6.63. The number of benzene rings is 2. The number of hydrogen-bond acceptors (Lipinski definition) is 5. The van der Waals surface area contributed by atoms with E-state index in [9.17, 15) is 0 Å². The van der Waals surface area contributed by atoms with E-state index < -0.39 is 0 Å². The Bertz CT molecular complexity index is 1260. The lowest BCUT2D eigenvalue weighted by Crippen LogP contribution is -2.34. The topological polar surface area (TPSA) is 78.0 Å². The highest BCUT2D eigenvalue weighted by atomic mass is 16.5. The SMILES string of the molecule is NCC1CCNC(c2cccc3ccc(-n4cnc5cc(OCC6CC6)ccc54)nc23)C1. The first-order valence-corrected chi connectivity index (χ1v) is 11.7. The molecule has 0 bridgehead atoms. The zero-order valence-corrected chi connectivity index (χ0v) is 18.2. The molecule has 0 spiro atoms. The number of imidazole rings is 1. The van der Waals surface area contributed by atoms with Crippen molar-refractivity contribution >= 4 is 21.9 Å². The molecule has 2 aliphatic rings. The number of rotatable bonds is 6. The Balaban J connectivity index is 1.35. The van der Waals surface area contributed by atoms with Crippen molar-refractivity contribution in [3.05, 3.63) is 60.4 Å². The van der Waals surface area contributed by atoms with Crippen LogP contribution in [0.1, 0.15) is 37.3 Å². The molecule has 2 unspecified atom stereocenters. The van der Waals surface area contributed by atoms with Gasteiger partial charge in [0.25, 0.3) is 0 Å². The molecule has 4 aromatic rings. The zero-order valence-electron chi connectivity index (χ0n) is 18.2. The maximum absolute atomic E-state index is 5.98. The number of hydrogen-bond donors (Lipinski definition) is 2. The van der Waals surface area contributed by atoms with Crippen molar-refractivity contribution in [1.82, 2.24) is 19.9 Å². The van der Waals surface area contributed by atoms with E-state index in [4.69, 9.17) is 15.5 Å². The van der Waals surface area contributed by atoms with E-state index in [-0.39, 0.29) is 6.04 Å². The van der Waals surface area contributed by atoms with Gasteiger partial charge in [0.15, 0.2) is 0 Å². The summed E-state index contributed by atoms with van der Waals surface area (Å²) in [4.78, 5) is 9.73. The molecular formula is C26H29N5O. The van der Waals surface area contributed by atoms with Gasteiger partial charge in [-0.25, -0.2) is 9.97 Å². The zero-order chi connectivity index (χ0) is 21.5. The average molecular weight is 428 g/mol. The van der Waals surface area contributed by atoms with Crippen molar-refractivity contribution < 1.29 is 4.74 Å². The van der Waals surface area contributed by atoms with Gasteiger partial charge in [0.05, 0.1) is 23.2 Å². The van der Waals surface area contributed by atoms with Gasteiger partial charge in [-0.05, 0) is 80.4 Å². The highest BCUT2D eigenvalue weighted by molar-refractivity contribution is 5.84. The second-order valence-corrected chi connectivity index (χ2v) is 9.24. The lowest BCUT2D eigenvalue weighted by Gasteiger charge is -2.30. The standard InChI is InChI=1S/C26H29N5O/c27-14-18-10-11-28-22(12-18)21-3-1-2-19-6-9-25(30-26(19)21)31-16-29-23-13-20(7-8-24(23)31)32-15-17-4-5-17/h1-3,6-9,13,16-18,22,28H,4-5,10-12,14-15,27H2. The second kappa shape index (κ2) is 8.19. The first kappa shape index (κ1) is 19.7. The highest BCUT2D eigenvalue weighted by Gasteiger charge is 2.24. The third-order valence-electron chi connectivity index (χ3n) is 6.91. The maximum atomic E-state index is 5.98. The van der Waals surface area contributed by atoms with Crippen LogP contribution in [0.5, 0.6) is 5.75 Å². The molecule has 3 heterocycles. The van der Waals surface area contributed by atoms with E-state index in [1.54, 1.807) is 0 Å². The van der Waals surface area contributed by atoms with Crippen molar-refractivity contribution in [3.63, 3.8) is 0 Å². The summed E-state index contributed by atoms with van der Waals surface area (Å²) in [5.41, 5.74) is 10.2. The van der Waals surface area contributed by atoms with Crippen LogP contribution < -0.4 is 15.8 Å². The number of fused-ring (bicyclic) bond motifs is 2. The first-order chi connectivity index (χ1) is 15.8. The Hall–Kier alpha value is -2.96. The Morgan fingerprint density at radius 3 is 2.88 bits per heavy atom. The van der Waals surface area contributed by atoms with Crippen LogP contribution in [0.3, 0.4) is 0 Å². The molecule has 3 N–H and O–H groups in total. The van der Waals surface area contributed by atoms with Gasteiger partial charge in [-0.2, -0.15) is 0 Å². The predicted molar refractivity (Wildman–Crippen MR) is 127 cm³/mol. The van der Waals surface area contributed by atoms with Crippen molar-refractivity contribution in [3.8, 4) is 11.6 Å². The molecule has 1 saturated heterocycles. The lowest BCUT2D eigenvalue weighted by molar-refractivity contribution is 0.300. The molecule has 2 fully saturated rings. The van der Waals surface area contributed by atoms with Gasteiger partial charge >= 0.3 is 0 Å². The van der Waals surface area contributed by atoms with Crippen LogP contribution in [0.15, 0.2) is 54.9 Å². The number of piperidine rings is 1. The fourth-order valence-corrected chi connectivity index (χ4v) is 4.79. The smallest absolute Gasteiger partial charge is 0.139 e. The van der Waals surface area contributed by atoms with Crippen molar-refractivity contribution in [2.24, 2.45) is 17.6 Å². The summed E-state index contributed by atoms with van der Waals surface area (Å²) in [6, 6.07) is 17.1. The van der Waals surface area contributed by atoms with E-state index in [1.807, 2.05) is 18.5 Å². The summed E-state index contributed by atoms with van der Waals surface area (Å²) in [5, 5.41) is 4.83. The molecule has 2 aromatic carbocycles. The van der Waals surface area contributed by atoms with E-state index in [0.717, 1.165) is 72.0 Å². The quantitative estimate of drug-likeness (QED) is 0.478. The molecular weight excluding hydrogens is 398 g/mol. The molecule has 1 saturated carbocycles. The number of nitrogens with one attached hydrogen (secondary N) is 1. The summed E-state index contributed by atoms with van der Waals surface area (Å²) in [6.45, 7) is 2.55. The maximum Gasteiger partial charge on any atom is 0.139 e. The van der Waals surface area contributed by atoms with Crippen LogP contribution in [-0.2, 0) is 0 Å². The Labute approximate surface area is 187 Å². The molecule has 0 amide bonds. The van der Waals surface area contributed by atoms with Crippen LogP contribution in [-0.4, -0.2) is 34.2 Å². The van der Waals surface area contributed by atoms with Crippen LogP contribution in [0.25, 0.3) is 27.8 Å². The molecule has 6 rings (SSSR count). The Kier molecular flexibility index (Phi) is 5.04. The third-order valence-corrected chi connectivity index (χ3v) is 6.91. The summed E-state index contributed by atoms with van der Waals surface area (Å²) < 4.78 is 7.99. The molecule has 6 heteroatoms. The van der Waals surface area contributed by atoms with Gasteiger partial charge in [0, 0.05) is 17.5 Å². The van der Waals surface area contributed by atoms with E-state index in [2.05, 4.69) is 51.3 Å². The number of pyridine rings is 1. The fraction of sp³-hybridized carbons (Fsp3) is 0.385. The number of nitrogens with two attached hydrogens (primary N) is 1. The second-order valence-electron chi connectivity index (χ2n) is 9.24. The fourth-order valence-electron chi connectivity index (χ4n) is 4.79. The van der Waals surface area contributed by atoms with Crippen molar-refractivity contribution in [1.29, 1.82) is 0 Å². The lowest BCUT2D eigenvalue weighted by atomic mass is 9.88. The minimum atomic E-state index is 0.287. The van der Waals surface area contributed by atoms with Gasteiger partial charge in [-0.3, -0.25) is 4.57 Å². The molecule has 164 valence electrons. The van der Waals surface area contributed by atoms with Gasteiger partial charge < -0.3 is 15.8 Å². The average Bonchev–Trinajstić information content (AvgIpc) is 3.59. The number of nitrogens with zero attached hydrogens (tertiary/aromatic N) is 3. The van der Waals surface area contributed by atoms with Gasteiger partial charge in [0.2, 0.25) is 0 Å². The molecule has 0 radical (unpaired) electrons. The van der Waals surface area contributed by atoms with Crippen LogP contribution in [0.4, 0.5) is 0 Å². The van der Waals surface area contributed by atoms with E-state index in [0.29, 0.717) is 5.92 Å². The Morgan fingerprint density at radius 1 is 1.06 bits per heavy atom. The normalized spacial score (nSPS) is 21.3. The van der Waals surface area contributed by atoms with E-state index in [1.165, 1.54) is 18.4 Å². The number of aromatic nitrogens is 3. The molecule has 2 atom stereocenters. The van der Waals surface area contributed by atoms with E-state index >= 15 is 0 Å². The largest absolute Gasteiger partial charge is 0.493 e. The van der Waals surface area contributed by atoms with Crippen molar-refractivity contribution in [2.75, 3.05) is 19.7 Å². The van der Waals surface area contributed by atoms with Gasteiger partial charge in [0.1, 0.15) is 17.9 Å². The van der Waals surface area contributed by atoms with Gasteiger partial charge in [-0.1, -0.05) is 18.2 Å². The van der Waals surface area contributed by atoms with Crippen LogP contribution in [0, 0.1) is 11.8 Å². The third kappa shape index (κ3) is 3.74. The number of para-hydroxylation sites is 1. The summed E-state index contributed by atoms with van der Waals surface area (Å²) in [7, 11) is 0.